The van der Waals surface area contributed by atoms with Crippen molar-refractivity contribution in [2.75, 3.05) is 43.6 Å². The smallest absolute Gasteiger partial charge is 0.416 e. The predicted octanol–water partition coefficient (Wildman–Crippen LogP) is 5.56. The molecule has 0 fully saturated rings. The van der Waals surface area contributed by atoms with Gasteiger partial charge in [0.25, 0.3) is 0 Å². The molecular formula is C28H31F3N5O3S+. The van der Waals surface area contributed by atoms with E-state index < -0.39 is 22.0 Å². The standard InChI is InChI=1S/C28H30F3N5O3S/c1-3-39-25-9-7-21(28(29,30)31)18-24(25)23-5-4-12-36-26(23)33-27(34-36)32-22-8-6-19-10-13-35(14-11-20(19)17-22)15-16-40(2,37)38/h4-9,12,17-18H,3,10-11,13-16H2,1-2H3,(H-,32,34,37,38)/p+1. The molecule has 0 amide bonds. The van der Waals surface area contributed by atoms with Crippen LogP contribution in [0.4, 0.5) is 24.8 Å². The highest BCUT2D eigenvalue weighted by Crippen LogP contribution is 2.38. The summed E-state index contributed by atoms with van der Waals surface area (Å²) in [7, 11) is -2.76. The van der Waals surface area contributed by atoms with Crippen molar-refractivity contribution in [3.8, 4) is 16.9 Å². The van der Waals surface area contributed by atoms with E-state index >= 15 is 0 Å². The molecule has 0 radical (unpaired) electrons. The fraction of sp³-hybridized carbons (Fsp3) is 0.357. The number of hydrogen-bond donors (Lipinski definition) is 2. The zero-order valence-corrected chi connectivity index (χ0v) is 23.1. The first-order valence-corrected chi connectivity index (χ1v) is 15.1. The maximum Gasteiger partial charge on any atom is 0.416 e. The van der Waals surface area contributed by atoms with Gasteiger partial charge in [0, 0.05) is 42.6 Å². The van der Waals surface area contributed by atoms with Crippen LogP contribution in [0.3, 0.4) is 0 Å². The summed E-state index contributed by atoms with van der Waals surface area (Å²) in [6, 6.07) is 12.9. The fourth-order valence-corrected chi connectivity index (χ4v) is 5.46. The first kappa shape index (κ1) is 28.1. The molecule has 12 heteroatoms. The zero-order chi connectivity index (χ0) is 28.5. The Morgan fingerprint density at radius 1 is 1.07 bits per heavy atom. The van der Waals surface area contributed by atoms with Gasteiger partial charge >= 0.3 is 6.18 Å². The molecule has 3 heterocycles. The van der Waals surface area contributed by atoms with Crippen LogP contribution in [0, 0.1) is 0 Å². The second kappa shape index (κ2) is 11.2. The first-order chi connectivity index (χ1) is 19.0. The maximum atomic E-state index is 13.5. The Kier molecular flexibility index (Phi) is 7.85. The Bertz CT molecular complexity index is 1570. The minimum atomic E-state index is -4.50. The quantitative estimate of drug-likeness (QED) is 0.266. The second-order valence-corrected chi connectivity index (χ2v) is 12.2. The molecule has 0 aliphatic carbocycles. The van der Waals surface area contributed by atoms with Crippen LogP contribution in [0.1, 0.15) is 23.6 Å². The topological polar surface area (TPSA) is 92.0 Å². The number of aromatic nitrogens is 3. The number of alkyl halides is 3. The van der Waals surface area contributed by atoms with Gasteiger partial charge in [0.15, 0.2) is 11.4 Å². The lowest BCUT2D eigenvalue weighted by Crippen LogP contribution is -2.32. The molecule has 0 saturated carbocycles. The number of fused-ring (bicyclic) bond motifs is 2. The number of nitrogens with zero attached hydrogens (tertiary/aromatic N) is 4. The fourth-order valence-electron chi connectivity index (χ4n) is 4.87. The van der Waals surface area contributed by atoms with Crippen LogP contribution in [0.5, 0.6) is 5.75 Å². The molecule has 1 aliphatic heterocycles. The lowest BCUT2D eigenvalue weighted by Gasteiger charge is -2.18. The Morgan fingerprint density at radius 3 is 2.58 bits per heavy atom. The lowest BCUT2D eigenvalue weighted by molar-refractivity contribution is -0.137. The van der Waals surface area contributed by atoms with Gasteiger partial charge in [0.2, 0.25) is 16.2 Å². The minimum absolute atomic E-state index is 0.254. The summed E-state index contributed by atoms with van der Waals surface area (Å²) < 4.78 is 69.0. The van der Waals surface area contributed by atoms with E-state index in [9.17, 15) is 21.9 Å². The van der Waals surface area contributed by atoms with Crippen LogP contribution >= 0.6 is 0 Å². The van der Waals surface area contributed by atoms with Crippen molar-refractivity contribution in [2.24, 2.45) is 0 Å². The molecule has 40 heavy (non-hydrogen) atoms. The maximum absolute atomic E-state index is 13.5. The zero-order valence-electron chi connectivity index (χ0n) is 22.2. The molecule has 8 nitrogen and oxygen atoms in total. The third-order valence-electron chi connectivity index (χ3n) is 6.90. The normalized spacial score (nSPS) is 15.8. The molecule has 1 aliphatic rings. The molecule has 5 rings (SSSR count). The van der Waals surface area contributed by atoms with Gasteiger partial charge in [-0.15, -0.1) is 5.10 Å². The third-order valence-corrected chi connectivity index (χ3v) is 7.84. The Balaban J connectivity index is 1.40. The highest BCUT2D eigenvalue weighted by atomic mass is 32.3. The molecule has 0 bridgehead atoms. The van der Waals surface area contributed by atoms with Crippen molar-refractivity contribution in [2.45, 2.75) is 25.9 Å². The summed E-state index contributed by atoms with van der Waals surface area (Å²) >= 11 is 0. The molecule has 212 valence electrons. The van der Waals surface area contributed by atoms with E-state index in [1.807, 2.05) is 6.07 Å². The van der Waals surface area contributed by atoms with Crippen LogP contribution in [0.2, 0.25) is 0 Å². The predicted molar refractivity (Wildman–Crippen MR) is 150 cm³/mol. The monoisotopic (exact) mass is 574 g/mol. The van der Waals surface area contributed by atoms with E-state index in [1.165, 1.54) is 28.0 Å². The molecule has 1 atom stereocenters. The highest BCUT2D eigenvalue weighted by Gasteiger charge is 2.31. The van der Waals surface area contributed by atoms with E-state index in [0.29, 0.717) is 36.1 Å². The summed E-state index contributed by atoms with van der Waals surface area (Å²) in [6.07, 6.45) is 0.216. The molecule has 0 spiro atoms. The van der Waals surface area contributed by atoms with Crippen LogP contribution in [0.25, 0.3) is 16.8 Å². The van der Waals surface area contributed by atoms with E-state index in [0.717, 1.165) is 43.8 Å². The van der Waals surface area contributed by atoms with Gasteiger partial charge in [0.1, 0.15) is 12.0 Å². The Labute approximate surface area is 231 Å². The minimum Gasteiger partial charge on any atom is -0.493 e. The van der Waals surface area contributed by atoms with Crippen molar-refractivity contribution >= 4 is 27.5 Å². The van der Waals surface area contributed by atoms with Gasteiger partial charge in [0.05, 0.1) is 12.2 Å². The largest absolute Gasteiger partial charge is 0.493 e. The summed E-state index contributed by atoms with van der Waals surface area (Å²) in [5.74, 6) is 0.902. The van der Waals surface area contributed by atoms with Crippen molar-refractivity contribution in [1.29, 1.82) is 0 Å². The van der Waals surface area contributed by atoms with Crippen molar-refractivity contribution < 1.29 is 26.7 Å². The van der Waals surface area contributed by atoms with E-state index in [2.05, 4.69) is 32.4 Å². The van der Waals surface area contributed by atoms with Gasteiger partial charge in [-0.25, -0.2) is 4.52 Å². The molecule has 4 aromatic rings. The number of pyridine rings is 1. The number of ether oxygens (including phenoxy) is 1. The van der Waals surface area contributed by atoms with Crippen LogP contribution in [0.15, 0.2) is 54.7 Å². The lowest BCUT2D eigenvalue weighted by atomic mass is 10.0. The summed E-state index contributed by atoms with van der Waals surface area (Å²) in [5, 5.41) is 7.74. The molecule has 2 aromatic carbocycles. The molecule has 2 N–H and O–H groups in total. The Hall–Kier alpha value is -3.48. The SMILES string of the molecule is CCOc1ccc(C(F)(F)F)cc1-c1cccn2nc(Nc3ccc4c(c3)CCN(CC[S+](C)(=O)O)CC4)nc12. The van der Waals surface area contributed by atoms with Gasteiger partial charge in [-0.2, -0.15) is 22.7 Å². The number of benzene rings is 2. The van der Waals surface area contributed by atoms with Crippen molar-refractivity contribution in [3.05, 3.63) is 71.4 Å². The molecule has 2 aromatic heterocycles. The van der Waals surface area contributed by atoms with Crippen molar-refractivity contribution in [1.82, 2.24) is 19.5 Å². The summed E-state index contributed by atoms with van der Waals surface area (Å²) in [6.45, 7) is 4.27. The second-order valence-electron chi connectivity index (χ2n) is 9.88. The number of nitrogens with one attached hydrogen (secondary N) is 1. The van der Waals surface area contributed by atoms with Crippen molar-refractivity contribution in [3.63, 3.8) is 0 Å². The first-order valence-electron chi connectivity index (χ1n) is 13.0. The Morgan fingerprint density at radius 2 is 1.85 bits per heavy atom. The average molecular weight is 575 g/mol. The van der Waals surface area contributed by atoms with Gasteiger partial charge < -0.3 is 10.1 Å². The summed E-state index contributed by atoms with van der Waals surface area (Å²) in [4.78, 5) is 6.82. The van der Waals surface area contributed by atoms with Crippen LogP contribution < -0.4 is 10.1 Å². The molecule has 0 saturated heterocycles. The third kappa shape index (κ3) is 6.45. The van der Waals surface area contributed by atoms with Crippen LogP contribution in [-0.2, 0) is 33.4 Å². The highest BCUT2D eigenvalue weighted by molar-refractivity contribution is 7.97. The number of rotatable bonds is 8. The molecular weight excluding hydrogens is 543 g/mol. The van der Waals surface area contributed by atoms with Gasteiger partial charge in [-0.1, -0.05) is 10.3 Å². The van der Waals surface area contributed by atoms with E-state index in [4.69, 9.17) is 4.74 Å². The summed E-state index contributed by atoms with van der Waals surface area (Å²) in [5.41, 5.74) is 3.59. The van der Waals surface area contributed by atoms with E-state index in [1.54, 1.807) is 25.3 Å². The number of anilines is 2. The van der Waals surface area contributed by atoms with E-state index in [-0.39, 0.29) is 11.3 Å². The average Bonchev–Trinajstić information content (AvgIpc) is 3.19. The number of hydrogen-bond acceptors (Lipinski definition) is 6. The van der Waals surface area contributed by atoms with Gasteiger partial charge in [-0.05, 0) is 73.4 Å². The molecule has 1 unspecified atom stereocenters. The van der Waals surface area contributed by atoms with Crippen LogP contribution in [-0.4, -0.2) is 62.3 Å². The van der Waals surface area contributed by atoms with Gasteiger partial charge in [-0.3, -0.25) is 4.90 Å². The number of halogens is 3.